The first kappa shape index (κ1) is 16.9. The predicted molar refractivity (Wildman–Crippen MR) is 103 cm³/mol. The Labute approximate surface area is 155 Å². The molecule has 0 radical (unpaired) electrons. The van der Waals surface area contributed by atoms with Gasteiger partial charge in [0.2, 0.25) is 5.95 Å². The highest BCUT2D eigenvalue weighted by molar-refractivity contribution is 14.1. The summed E-state index contributed by atoms with van der Waals surface area (Å²) < 4.78 is 2.29. The van der Waals surface area contributed by atoms with Gasteiger partial charge in [0.15, 0.2) is 0 Å². The van der Waals surface area contributed by atoms with Gasteiger partial charge in [-0.15, -0.1) is 0 Å². The van der Waals surface area contributed by atoms with Crippen LogP contribution in [0.1, 0.15) is 13.8 Å². The Morgan fingerprint density at radius 3 is 2.70 bits per heavy atom. The minimum Gasteiger partial charge on any atom is -0.369 e. The first-order valence-electron chi connectivity index (χ1n) is 7.76. The number of hydrogen-bond acceptors (Lipinski definition) is 6. The molecule has 0 unspecified atom stereocenters. The SMILES string of the molecule is CC(C)CNc1nc(N2CCN(I)CC2)nc2cnc(Cl)cc12. The summed E-state index contributed by atoms with van der Waals surface area (Å²) in [5.74, 6) is 2.13. The molecule has 1 saturated heterocycles. The van der Waals surface area contributed by atoms with Gasteiger partial charge >= 0.3 is 0 Å². The molecule has 2 aromatic rings. The lowest BCUT2D eigenvalue weighted by Gasteiger charge is -2.31. The summed E-state index contributed by atoms with van der Waals surface area (Å²) in [7, 11) is 0. The van der Waals surface area contributed by atoms with E-state index in [2.05, 4.69) is 60.0 Å². The summed E-state index contributed by atoms with van der Waals surface area (Å²) >= 11 is 8.41. The second kappa shape index (κ2) is 7.31. The molecule has 23 heavy (non-hydrogen) atoms. The summed E-state index contributed by atoms with van der Waals surface area (Å²) in [5, 5.41) is 4.80. The molecule has 1 fully saturated rings. The van der Waals surface area contributed by atoms with Gasteiger partial charge in [-0.1, -0.05) is 25.4 Å². The second-order valence-electron chi connectivity index (χ2n) is 6.07. The van der Waals surface area contributed by atoms with Crippen LogP contribution in [0, 0.1) is 5.92 Å². The Hall–Kier alpha value is -0.930. The smallest absolute Gasteiger partial charge is 0.228 e. The molecule has 0 spiro atoms. The molecule has 1 aliphatic heterocycles. The number of aromatic nitrogens is 3. The van der Waals surface area contributed by atoms with Crippen molar-refractivity contribution < 1.29 is 0 Å². The molecule has 8 heteroatoms. The molecular weight excluding hydrogens is 427 g/mol. The van der Waals surface area contributed by atoms with Crippen molar-refractivity contribution in [2.24, 2.45) is 5.92 Å². The molecule has 0 aliphatic carbocycles. The van der Waals surface area contributed by atoms with Crippen molar-refractivity contribution in [3.63, 3.8) is 0 Å². The fraction of sp³-hybridized carbons (Fsp3) is 0.533. The van der Waals surface area contributed by atoms with Crippen molar-refractivity contribution in [2.75, 3.05) is 42.9 Å². The Balaban J connectivity index is 1.97. The maximum absolute atomic E-state index is 6.05. The van der Waals surface area contributed by atoms with Gasteiger partial charge in [0.25, 0.3) is 0 Å². The van der Waals surface area contributed by atoms with Gasteiger partial charge in [-0.3, -0.25) is 0 Å². The van der Waals surface area contributed by atoms with Crippen LogP contribution in [0.4, 0.5) is 11.8 Å². The Morgan fingerprint density at radius 1 is 1.26 bits per heavy atom. The summed E-state index contributed by atoms with van der Waals surface area (Å²) in [6.45, 7) is 9.08. The lowest BCUT2D eigenvalue weighted by molar-refractivity contribution is 0.456. The lowest BCUT2D eigenvalue weighted by Crippen LogP contribution is -2.43. The number of nitrogens with zero attached hydrogens (tertiary/aromatic N) is 5. The molecule has 124 valence electrons. The minimum atomic E-state index is 0.458. The molecule has 3 heterocycles. The van der Waals surface area contributed by atoms with Crippen LogP contribution in [0.3, 0.4) is 0 Å². The maximum Gasteiger partial charge on any atom is 0.228 e. The number of fused-ring (bicyclic) bond motifs is 1. The van der Waals surface area contributed by atoms with Gasteiger partial charge in [-0.2, -0.15) is 4.98 Å². The van der Waals surface area contributed by atoms with E-state index in [1.165, 1.54) is 0 Å². The minimum absolute atomic E-state index is 0.458. The van der Waals surface area contributed by atoms with E-state index >= 15 is 0 Å². The van der Waals surface area contributed by atoms with Gasteiger partial charge in [-0.25, -0.2) is 13.1 Å². The predicted octanol–water partition coefficient (Wildman–Crippen LogP) is 3.22. The van der Waals surface area contributed by atoms with Crippen LogP contribution in [-0.4, -0.2) is 50.8 Å². The van der Waals surface area contributed by atoms with Crippen LogP contribution >= 0.6 is 34.5 Å². The number of piperazine rings is 1. The van der Waals surface area contributed by atoms with Crippen LogP contribution in [0.5, 0.6) is 0 Å². The fourth-order valence-corrected chi connectivity index (χ4v) is 3.04. The topological polar surface area (TPSA) is 57.2 Å². The van der Waals surface area contributed by atoms with Crippen molar-refractivity contribution in [2.45, 2.75) is 13.8 Å². The zero-order valence-corrected chi connectivity index (χ0v) is 16.2. The Bertz CT molecular complexity index is 687. The van der Waals surface area contributed by atoms with E-state index in [4.69, 9.17) is 16.6 Å². The number of pyridine rings is 1. The highest BCUT2D eigenvalue weighted by Crippen LogP contribution is 2.26. The maximum atomic E-state index is 6.05. The van der Waals surface area contributed by atoms with Gasteiger partial charge < -0.3 is 10.2 Å². The summed E-state index contributed by atoms with van der Waals surface area (Å²) in [4.78, 5) is 15.8. The van der Waals surface area contributed by atoms with Crippen molar-refractivity contribution >= 4 is 57.1 Å². The molecule has 1 N–H and O–H groups in total. The fourth-order valence-electron chi connectivity index (χ4n) is 2.45. The summed E-state index contributed by atoms with van der Waals surface area (Å²) in [5.41, 5.74) is 0.822. The van der Waals surface area contributed by atoms with E-state index < -0.39 is 0 Å². The largest absolute Gasteiger partial charge is 0.369 e. The third kappa shape index (κ3) is 4.13. The molecule has 0 bridgehead atoms. The normalized spacial score (nSPS) is 16.3. The molecule has 3 rings (SSSR count). The molecule has 0 aromatic carbocycles. The molecule has 2 aromatic heterocycles. The van der Waals surface area contributed by atoms with Crippen LogP contribution in [-0.2, 0) is 0 Å². The third-order valence-corrected chi connectivity index (χ3v) is 4.89. The third-order valence-electron chi connectivity index (χ3n) is 3.72. The van der Waals surface area contributed by atoms with Crippen LogP contribution < -0.4 is 10.2 Å². The molecule has 0 atom stereocenters. The zero-order chi connectivity index (χ0) is 16.4. The number of nitrogens with one attached hydrogen (secondary N) is 1. The molecule has 6 nitrogen and oxygen atoms in total. The lowest BCUT2D eigenvalue weighted by atomic mass is 10.2. The van der Waals surface area contributed by atoms with Gasteiger partial charge in [0, 0.05) is 61.0 Å². The Kier molecular flexibility index (Phi) is 5.38. The highest BCUT2D eigenvalue weighted by Gasteiger charge is 2.19. The number of rotatable bonds is 4. The molecule has 1 aliphatic rings. The molecular formula is C15H20ClIN6. The quantitative estimate of drug-likeness (QED) is 0.442. The van der Waals surface area contributed by atoms with Crippen LogP contribution in [0.2, 0.25) is 5.15 Å². The van der Waals surface area contributed by atoms with E-state index in [0.29, 0.717) is 11.1 Å². The first-order valence-corrected chi connectivity index (χ1v) is 9.10. The highest BCUT2D eigenvalue weighted by atomic mass is 127. The van der Waals surface area contributed by atoms with Crippen molar-refractivity contribution in [1.82, 2.24) is 18.1 Å². The monoisotopic (exact) mass is 446 g/mol. The first-order chi connectivity index (χ1) is 11.0. The van der Waals surface area contributed by atoms with Crippen LogP contribution in [0.25, 0.3) is 10.9 Å². The van der Waals surface area contributed by atoms with Gasteiger partial charge in [-0.05, 0) is 12.0 Å². The number of hydrogen-bond donors (Lipinski definition) is 1. The Morgan fingerprint density at radius 2 is 2.00 bits per heavy atom. The van der Waals surface area contributed by atoms with Gasteiger partial charge in [0.05, 0.1) is 11.7 Å². The molecule has 0 saturated carbocycles. The standard InChI is InChI=1S/C15H20ClIN6/c1-10(2)8-19-14-11-7-13(16)18-9-12(11)20-15(21-14)22-3-5-23(17)6-4-22/h7,9-10H,3-6,8H2,1-2H3,(H,19,20,21). The zero-order valence-electron chi connectivity index (χ0n) is 13.3. The van der Waals surface area contributed by atoms with E-state index in [1.807, 2.05) is 6.07 Å². The summed E-state index contributed by atoms with van der Waals surface area (Å²) in [6, 6.07) is 1.83. The average Bonchev–Trinajstić information content (AvgIpc) is 2.53. The summed E-state index contributed by atoms with van der Waals surface area (Å²) in [6.07, 6.45) is 1.72. The van der Waals surface area contributed by atoms with E-state index in [0.717, 1.165) is 55.4 Å². The number of halogens is 2. The van der Waals surface area contributed by atoms with Gasteiger partial charge in [0.1, 0.15) is 11.0 Å². The second-order valence-corrected chi connectivity index (χ2v) is 7.82. The number of anilines is 2. The van der Waals surface area contributed by atoms with Crippen LogP contribution in [0.15, 0.2) is 12.3 Å². The van der Waals surface area contributed by atoms with E-state index in [9.17, 15) is 0 Å². The van der Waals surface area contributed by atoms with Crippen molar-refractivity contribution in [3.05, 3.63) is 17.4 Å². The van der Waals surface area contributed by atoms with Crippen molar-refractivity contribution in [1.29, 1.82) is 0 Å². The van der Waals surface area contributed by atoms with E-state index in [-0.39, 0.29) is 0 Å². The van der Waals surface area contributed by atoms with E-state index in [1.54, 1.807) is 6.20 Å². The molecule has 0 amide bonds. The average molecular weight is 447 g/mol. The van der Waals surface area contributed by atoms with Crippen molar-refractivity contribution in [3.8, 4) is 0 Å².